The standard InChI is InChI=1S/C10H13O3P/c1-8(2)13-14(11,12)10-7-5-4-6-9(10)3/h4-7H,1H2,2-3H3,(H,11,12). The Bertz CT molecular complexity index is 398. The minimum Gasteiger partial charge on any atom is -0.427 e. The predicted molar refractivity (Wildman–Crippen MR) is 56.5 cm³/mol. The molecule has 1 N–H and O–H groups in total. The van der Waals surface area contributed by atoms with Gasteiger partial charge in [0.05, 0.1) is 11.1 Å². The van der Waals surface area contributed by atoms with Gasteiger partial charge in [0.25, 0.3) is 0 Å². The van der Waals surface area contributed by atoms with Gasteiger partial charge in [0.15, 0.2) is 0 Å². The lowest BCUT2D eigenvalue weighted by Crippen LogP contribution is -2.09. The van der Waals surface area contributed by atoms with Crippen molar-refractivity contribution in [3.05, 3.63) is 42.2 Å². The van der Waals surface area contributed by atoms with E-state index in [0.717, 1.165) is 5.56 Å². The van der Waals surface area contributed by atoms with Crippen molar-refractivity contribution in [3.63, 3.8) is 0 Å². The van der Waals surface area contributed by atoms with Gasteiger partial charge >= 0.3 is 7.60 Å². The summed E-state index contributed by atoms with van der Waals surface area (Å²) in [6.45, 7) is 6.75. The van der Waals surface area contributed by atoms with Gasteiger partial charge in [-0.1, -0.05) is 24.8 Å². The molecule has 0 aliphatic rings. The average Bonchev–Trinajstić information content (AvgIpc) is 2.02. The topological polar surface area (TPSA) is 46.5 Å². The number of hydrogen-bond donors (Lipinski definition) is 1. The third-order valence-corrected chi connectivity index (χ3v) is 3.37. The predicted octanol–water partition coefficient (Wildman–Crippen LogP) is 2.36. The Morgan fingerprint density at radius 1 is 1.50 bits per heavy atom. The Balaban J connectivity index is 3.10. The Kier molecular flexibility index (Phi) is 3.14. The van der Waals surface area contributed by atoms with Crippen molar-refractivity contribution in [1.82, 2.24) is 0 Å². The molecule has 4 heteroatoms. The summed E-state index contributed by atoms with van der Waals surface area (Å²) >= 11 is 0. The molecular formula is C10H13O3P. The van der Waals surface area contributed by atoms with Crippen LogP contribution in [0.3, 0.4) is 0 Å². The van der Waals surface area contributed by atoms with Gasteiger partial charge in [-0.05, 0) is 25.5 Å². The van der Waals surface area contributed by atoms with Crippen LogP contribution in [0.1, 0.15) is 12.5 Å². The van der Waals surface area contributed by atoms with E-state index in [1.807, 2.05) is 0 Å². The highest BCUT2D eigenvalue weighted by molar-refractivity contribution is 7.61. The van der Waals surface area contributed by atoms with Gasteiger partial charge in [0, 0.05) is 0 Å². The first-order chi connectivity index (χ1) is 6.43. The largest absolute Gasteiger partial charge is 0.427 e. The summed E-state index contributed by atoms with van der Waals surface area (Å²) in [5.41, 5.74) is 0.736. The molecule has 14 heavy (non-hydrogen) atoms. The van der Waals surface area contributed by atoms with E-state index in [2.05, 4.69) is 6.58 Å². The number of allylic oxidation sites excluding steroid dienone is 1. The SMILES string of the molecule is C=C(C)OP(=O)(O)c1ccccc1C. The zero-order valence-electron chi connectivity index (χ0n) is 8.23. The summed E-state index contributed by atoms with van der Waals surface area (Å²) in [5.74, 6) is 0.235. The normalized spacial score (nSPS) is 14.5. The third-order valence-electron chi connectivity index (χ3n) is 1.70. The van der Waals surface area contributed by atoms with Gasteiger partial charge < -0.3 is 9.42 Å². The van der Waals surface area contributed by atoms with Crippen LogP contribution in [-0.2, 0) is 9.09 Å². The smallest absolute Gasteiger partial charge is 0.408 e. The minimum atomic E-state index is -3.74. The molecule has 0 heterocycles. The van der Waals surface area contributed by atoms with Crippen molar-refractivity contribution in [1.29, 1.82) is 0 Å². The van der Waals surface area contributed by atoms with E-state index in [9.17, 15) is 9.46 Å². The van der Waals surface area contributed by atoms with Gasteiger partial charge in [0.2, 0.25) is 0 Å². The fourth-order valence-electron chi connectivity index (χ4n) is 1.14. The Morgan fingerprint density at radius 2 is 2.07 bits per heavy atom. The highest BCUT2D eigenvalue weighted by Gasteiger charge is 2.25. The van der Waals surface area contributed by atoms with Gasteiger partial charge in [-0.25, -0.2) is 4.57 Å². The third kappa shape index (κ3) is 2.47. The maximum atomic E-state index is 11.7. The van der Waals surface area contributed by atoms with E-state index in [0.29, 0.717) is 5.30 Å². The van der Waals surface area contributed by atoms with Gasteiger partial charge in [0.1, 0.15) is 0 Å². The van der Waals surface area contributed by atoms with Crippen LogP contribution in [0.15, 0.2) is 36.6 Å². The first-order valence-corrected chi connectivity index (χ1v) is 5.75. The van der Waals surface area contributed by atoms with Crippen LogP contribution in [-0.4, -0.2) is 4.89 Å². The molecule has 0 amide bonds. The van der Waals surface area contributed by atoms with Crippen molar-refractivity contribution in [2.45, 2.75) is 13.8 Å². The van der Waals surface area contributed by atoms with Crippen molar-refractivity contribution < 1.29 is 14.0 Å². The van der Waals surface area contributed by atoms with Crippen LogP contribution in [0.25, 0.3) is 0 Å². The van der Waals surface area contributed by atoms with Crippen LogP contribution in [0.5, 0.6) is 0 Å². The molecule has 0 radical (unpaired) electrons. The second kappa shape index (κ2) is 3.99. The molecule has 0 aliphatic carbocycles. The van der Waals surface area contributed by atoms with Crippen LogP contribution >= 0.6 is 7.60 Å². The first kappa shape index (κ1) is 11.0. The van der Waals surface area contributed by atoms with Crippen molar-refractivity contribution in [2.24, 2.45) is 0 Å². The molecule has 76 valence electrons. The fourth-order valence-corrected chi connectivity index (χ4v) is 2.46. The molecule has 1 unspecified atom stereocenters. The lowest BCUT2D eigenvalue weighted by molar-refractivity contribution is 0.338. The summed E-state index contributed by atoms with van der Waals surface area (Å²) in [6, 6.07) is 6.85. The van der Waals surface area contributed by atoms with E-state index in [1.54, 1.807) is 38.1 Å². The molecule has 3 nitrogen and oxygen atoms in total. The molecule has 0 saturated carbocycles. The monoisotopic (exact) mass is 212 g/mol. The maximum absolute atomic E-state index is 11.7. The summed E-state index contributed by atoms with van der Waals surface area (Å²) in [5, 5.41) is 0.322. The van der Waals surface area contributed by atoms with Crippen LogP contribution in [0.2, 0.25) is 0 Å². The minimum absolute atomic E-state index is 0.235. The second-order valence-corrected chi connectivity index (χ2v) is 4.81. The fraction of sp³-hybridized carbons (Fsp3) is 0.200. The molecule has 0 saturated heterocycles. The van der Waals surface area contributed by atoms with E-state index in [1.165, 1.54) is 0 Å². The molecule has 1 rings (SSSR count). The molecule has 1 atom stereocenters. The highest BCUT2D eigenvalue weighted by atomic mass is 31.2. The number of hydrogen-bond acceptors (Lipinski definition) is 2. The van der Waals surface area contributed by atoms with Gasteiger partial charge in [-0.3, -0.25) is 0 Å². The van der Waals surface area contributed by atoms with Crippen molar-refractivity contribution in [2.75, 3.05) is 0 Å². The zero-order valence-corrected chi connectivity index (χ0v) is 9.12. The van der Waals surface area contributed by atoms with Crippen LogP contribution in [0, 0.1) is 6.92 Å². The Hall–Kier alpha value is -1.05. The van der Waals surface area contributed by atoms with Gasteiger partial charge in [-0.15, -0.1) is 0 Å². The lowest BCUT2D eigenvalue weighted by Gasteiger charge is -2.14. The number of rotatable bonds is 3. The van der Waals surface area contributed by atoms with E-state index in [4.69, 9.17) is 4.52 Å². The van der Waals surface area contributed by atoms with E-state index in [-0.39, 0.29) is 5.76 Å². The Morgan fingerprint density at radius 3 is 2.57 bits per heavy atom. The maximum Gasteiger partial charge on any atom is 0.408 e. The summed E-state index contributed by atoms with van der Waals surface area (Å²) in [6.07, 6.45) is 0. The second-order valence-electron chi connectivity index (χ2n) is 3.10. The molecule has 0 spiro atoms. The molecule has 0 aromatic heterocycles. The summed E-state index contributed by atoms with van der Waals surface area (Å²) in [7, 11) is -3.74. The van der Waals surface area contributed by atoms with Crippen molar-refractivity contribution in [3.8, 4) is 0 Å². The average molecular weight is 212 g/mol. The van der Waals surface area contributed by atoms with Crippen LogP contribution in [0.4, 0.5) is 0 Å². The molecular weight excluding hydrogens is 199 g/mol. The lowest BCUT2D eigenvalue weighted by atomic mass is 10.2. The Labute approximate surface area is 83.6 Å². The molecule has 0 bridgehead atoms. The quantitative estimate of drug-likeness (QED) is 0.618. The van der Waals surface area contributed by atoms with Crippen molar-refractivity contribution >= 4 is 12.9 Å². The van der Waals surface area contributed by atoms with Gasteiger partial charge in [-0.2, -0.15) is 0 Å². The van der Waals surface area contributed by atoms with E-state index >= 15 is 0 Å². The number of benzene rings is 1. The zero-order chi connectivity index (χ0) is 10.8. The molecule has 0 fully saturated rings. The van der Waals surface area contributed by atoms with E-state index < -0.39 is 7.60 Å². The highest BCUT2D eigenvalue weighted by Crippen LogP contribution is 2.43. The molecule has 1 aromatic rings. The molecule has 0 aliphatic heterocycles. The van der Waals surface area contributed by atoms with Crippen LogP contribution < -0.4 is 5.30 Å². The first-order valence-electron chi connectivity index (χ1n) is 4.17. The summed E-state index contributed by atoms with van der Waals surface area (Å²) in [4.78, 5) is 9.61. The summed E-state index contributed by atoms with van der Waals surface area (Å²) < 4.78 is 16.5. The number of aryl methyl sites for hydroxylation is 1. The molecule has 1 aromatic carbocycles.